The Hall–Kier alpha value is -3.52. The van der Waals surface area contributed by atoms with Gasteiger partial charge in [-0.1, -0.05) is 114 Å². The fourth-order valence-corrected chi connectivity index (χ4v) is 6.59. The number of aromatic nitrogens is 1. The first-order chi connectivity index (χ1) is 20.8. The Morgan fingerprint density at radius 1 is 0.558 bits per heavy atom. The van der Waals surface area contributed by atoms with Crippen molar-refractivity contribution in [2.24, 2.45) is 0 Å². The molecular formula is C35H48NO6S+. The number of hydrogen-bond donors (Lipinski definition) is 2. The molecule has 0 aliphatic rings. The van der Waals surface area contributed by atoms with Crippen LogP contribution in [-0.2, 0) is 16.4 Å². The van der Waals surface area contributed by atoms with Gasteiger partial charge in [-0.25, -0.2) is 22.6 Å². The van der Waals surface area contributed by atoms with E-state index >= 15 is 0 Å². The summed E-state index contributed by atoms with van der Waals surface area (Å²) in [5.74, 6) is -2.80. The summed E-state index contributed by atoms with van der Waals surface area (Å²) in [6, 6.07) is 16.4. The van der Waals surface area contributed by atoms with E-state index in [1.807, 2.05) is 0 Å². The number of benzene rings is 2. The number of aromatic carboxylic acids is 2. The van der Waals surface area contributed by atoms with Crippen LogP contribution in [0.2, 0.25) is 0 Å². The number of carbonyl (C=O) groups is 2. The maximum absolute atomic E-state index is 12.6. The van der Waals surface area contributed by atoms with Crippen LogP contribution in [0.3, 0.4) is 0 Å². The molecule has 0 fully saturated rings. The van der Waals surface area contributed by atoms with Crippen molar-refractivity contribution >= 4 is 21.8 Å². The summed E-state index contributed by atoms with van der Waals surface area (Å²) in [5, 5.41) is 18.1. The summed E-state index contributed by atoms with van der Waals surface area (Å²) < 4.78 is 27.4. The number of rotatable bonds is 19. The fraction of sp³-hybridized carbons (Fsp3) is 0.457. The molecule has 0 bridgehead atoms. The molecule has 1 aromatic heterocycles. The standard InChI is InChI=1S/C21H38N.C14H10O6S/c1-2-3-4-5-6-7-8-9-10-11-12-13-14-16-19-22-20-17-15-18-21-22;15-13(16)9-5-1-3-7-11(9)21(19,20)12-8-4-2-6-10(12)14(17)18/h15,17-18,20-21H,2-14,16,19H2,1H3;1-8H,(H,15,16)(H,17,18)/q+1;. The van der Waals surface area contributed by atoms with E-state index in [0.717, 1.165) is 24.3 Å². The normalized spacial score (nSPS) is 11.0. The molecule has 0 amide bonds. The van der Waals surface area contributed by atoms with Gasteiger partial charge >= 0.3 is 11.9 Å². The predicted molar refractivity (Wildman–Crippen MR) is 169 cm³/mol. The van der Waals surface area contributed by atoms with E-state index in [0.29, 0.717) is 0 Å². The van der Waals surface area contributed by atoms with Crippen LogP contribution in [0.25, 0.3) is 0 Å². The molecule has 0 radical (unpaired) electrons. The van der Waals surface area contributed by atoms with E-state index in [1.54, 1.807) is 0 Å². The topological polar surface area (TPSA) is 113 Å². The summed E-state index contributed by atoms with van der Waals surface area (Å²) >= 11 is 0. The number of pyridine rings is 1. The van der Waals surface area contributed by atoms with E-state index in [9.17, 15) is 18.0 Å². The number of nitrogens with zero attached hydrogens (tertiary/aromatic N) is 1. The molecule has 0 saturated heterocycles. The Morgan fingerprint density at radius 2 is 0.930 bits per heavy atom. The lowest BCUT2D eigenvalue weighted by Crippen LogP contribution is -2.32. The van der Waals surface area contributed by atoms with Crippen molar-refractivity contribution in [1.29, 1.82) is 0 Å². The minimum atomic E-state index is -4.25. The van der Waals surface area contributed by atoms with Crippen molar-refractivity contribution in [3.05, 3.63) is 90.3 Å². The van der Waals surface area contributed by atoms with Crippen molar-refractivity contribution in [3.8, 4) is 0 Å². The smallest absolute Gasteiger partial charge is 0.337 e. The molecule has 0 aliphatic carbocycles. The van der Waals surface area contributed by atoms with Crippen LogP contribution in [0.1, 0.15) is 118 Å². The largest absolute Gasteiger partial charge is 0.478 e. The molecule has 0 atom stereocenters. The van der Waals surface area contributed by atoms with Crippen LogP contribution in [-0.4, -0.2) is 30.6 Å². The number of aryl methyl sites for hydroxylation is 1. The highest BCUT2D eigenvalue weighted by Gasteiger charge is 2.28. The van der Waals surface area contributed by atoms with Gasteiger partial charge in [0.15, 0.2) is 12.4 Å². The molecule has 3 rings (SSSR count). The first-order valence-corrected chi connectivity index (χ1v) is 17.1. The molecule has 3 aromatic rings. The maximum atomic E-state index is 12.6. The van der Waals surface area contributed by atoms with Crippen LogP contribution in [0.15, 0.2) is 88.9 Å². The average molecular weight is 611 g/mol. The number of hydrogen-bond acceptors (Lipinski definition) is 4. The van der Waals surface area contributed by atoms with E-state index in [1.165, 1.54) is 121 Å². The third-order valence-corrected chi connectivity index (χ3v) is 9.23. The number of carboxylic acid groups (broad SMARTS) is 2. The van der Waals surface area contributed by atoms with Crippen molar-refractivity contribution in [1.82, 2.24) is 0 Å². The fourth-order valence-electron chi connectivity index (χ4n) is 4.95. The molecule has 0 spiro atoms. The second-order valence-corrected chi connectivity index (χ2v) is 12.7. The third-order valence-electron chi connectivity index (χ3n) is 7.36. The molecule has 0 saturated carbocycles. The van der Waals surface area contributed by atoms with Gasteiger partial charge in [0, 0.05) is 18.6 Å². The molecule has 7 nitrogen and oxygen atoms in total. The zero-order valence-corrected chi connectivity index (χ0v) is 26.3. The third kappa shape index (κ3) is 13.1. The summed E-state index contributed by atoms with van der Waals surface area (Å²) in [5.41, 5.74) is -0.810. The van der Waals surface area contributed by atoms with Crippen molar-refractivity contribution in [3.63, 3.8) is 0 Å². The lowest BCUT2D eigenvalue weighted by Gasteiger charge is -2.10. The highest BCUT2D eigenvalue weighted by atomic mass is 32.2. The van der Waals surface area contributed by atoms with Crippen LogP contribution >= 0.6 is 0 Å². The Balaban J connectivity index is 0.000000300. The van der Waals surface area contributed by atoms with Crippen LogP contribution in [0.5, 0.6) is 0 Å². The number of carboxylic acids is 2. The highest BCUT2D eigenvalue weighted by Crippen LogP contribution is 2.27. The van der Waals surface area contributed by atoms with Crippen molar-refractivity contribution in [2.45, 2.75) is 113 Å². The first kappa shape index (κ1) is 35.7. The van der Waals surface area contributed by atoms with Gasteiger partial charge in [-0.05, 0) is 30.7 Å². The van der Waals surface area contributed by atoms with Crippen molar-refractivity contribution in [2.75, 3.05) is 0 Å². The summed E-state index contributed by atoms with van der Waals surface area (Å²) in [6.07, 6.45) is 24.4. The summed E-state index contributed by atoms with van der Waals surface area (Å²) in [4.78, 5) is 21.4. The Kier molecular flexibility index (Phi) is 16.9. The molecule has 0 aliphatic heterocycles. The molecule has 0 unspecified atom stereocenters. The first-order valence-electron chi connectivity index (χ1n) is 15.6. The van der Waals surface area contributed by atoms with Gasteiger partial charge in [0.25, 0.3) is 0 Å². The van der Waals surface area contributed by atoms with Crippen LogP contribution in [0, 0.1) is 0 Å². The van der Waals surface area contributed by atoms with Gasteiger partial charge in [-0.2, -0.15) is 0 Å². The lowest BCUT2D eigenvalue weighted by molar-refractivity contribution is -0.697. The molecule has 43 heavy (non-hydrogen) atoms. The van der Waals surface area contributed by atoms with Gasteiger partial charge in [-0.15, -0.1) is 0 Å². The molecular weight excluding hydrogens is 562 g/mol. The Labute approximate surface area is 257 Å². The summed E-state index contributed by atoms with van der Waals surface area (Å²) in [6.45, 7) is 3.47. The zero-order chi connectivity index (χ0) is 31.3. The van der Waals surface area contributed by atoms with Gasteiger partial charge < -0.3 is 10.2 Å². The van der Waals surface area contributed by atoms with E-state index < -0.39 is 42.7 Å². The maximum Gasteiger partial charge on any atom is 0.337 e. The molecule has 8 heteroatoms. The number of sulfone groups is 1. The molecule has 1 heterocycles. The van der Waals surface area contributed by atoms with E-state index in [-0.39, 0.29) is 0 Å². The molecule has 234 valence electrons. The number of unbranched alkanes of at least 4 members (excludes halogenated alkanes) is 13. The van der Waals surface area contributed by atoms with E-state index in [4.69, 9.17) is 10.2 Å². The van der Waals surface area contributed by atoms with Gasteiger partial charge in [-0.3, -0.25) is 0 Å². The predicted octanol–water partition coefficient (Wildman–Crippen LogP) is 8.37. The monoisotopic (exact) mass is 610 g/mol. The second kappa shape index (κ2) is 20.4. The van der Waals surface area contributed by atoms with Gasteiger partial charge in [0.05, 0.1) is 20.9 Å². The van der Waals surface area contributed by atoms with Crippen LogP contribution in [0.4, 0.5) is 0 Å². The minimum Gasteiger partial charge on any atom is -0.478 e. The van der Waals surface area contributed by atoms with Crippen molar-refractivity contribution < 1.29 is 32.8 Å². The molecule has 2 aromatic carbocycles. The zero-order valence-electron chi connectivity index (χ0n) is 25.5. The SMILES string of the molecule is CCCCCCCCCCCCCCCC[n+]1ccccc1.O=C(O)c1ccccc1S(=O)(=O)c1ccccc1C(=O)O. The quantitative estimate of drug-likeness (QED) is 0.104. The summed E-state index contributed by atoms with van der Waals surface area (Å²) in [7, 11) is -4.25. The van der Waals surface area contributed by atoms with Gasteiger partial charge in [0.2, 0.25) is 9.84 Å². The van der Waals surface area contributed by atoms with Crippen LogP contribution < -0.4 is 4.57 Å². The average Bonchev–Trinajstić information content (AvgIpc) is 3.02. The second-order valence-electron chi connectivity index (χ2n) is 10.8. The molecule has 2 N–H and O–H groups in total. The highest BCUT2D eigenvalue weighted by molar-refractivity contribution is 7.91. The Bertz CT molecular complexity index is 1280. The van der Waals surface area contributed by atoms with E-state index in [2.05, 4.69) is 42.1 Å². The minimum absolute atomic E-state index is 0.405. The Morgan fingerprint density at radius 3 is 1.33 bits per heavy atom. The van der Waals surface area contributed by atoms with Gasteiger partial charge in [0.1, 0.15) is 6.54 Å². The lowest BCUT2D eigenvalue weighted by atomic mass is 10.0.